The summed E-state index contributed by atoms with van der Waals surface area (Å²) in [6.07, 6.45) is 6.18. The monoisotopic (exact) mass is 296 g/mol. The first-order valence-corrected chi connectivity index (χ1v) is 7.59. The molecule has 1 N–H and O–H groups in total. The first-order valence-electron chi connectivity index (χ1n) is 6.71. The smallest absolute Gasteiger partial charge is 0.372 e. The summed E-state index contributed by atoms with van der Waals surface area (Å²) in [5, 5.41) is 16.0. The van der Waals surface area contributed by atoms with Gasteiger partial charge >= 0.3 is 5.82 Å². The van der Waals surface area contributed by atoms with Crippen molar-refractivity contribution in [1.82, 2.24) is 9.38 Å². The lowest BCUT2D eigenvalue weighted by Crippen LogP contribution is -2.22. The highest BCUT2D eigenvalue weighted by Crippen LogP contribution is 2.28. The van der Waals surface area contributed by atoms with Crippen molar-refractivity contribution < 1.29 is 9.66 Å². The number of anilines is 1. The van der Waals surface area contributed by atoms with E-state index in [9.17, 15) is 10.1 Å². The van der Waals surface area contributed by atoms with Crippen LogP contribution in [0.1, 0.15) is 25.7 Å². The van der Waals surface area contributed by atoms with E-state index in [1.165, 1.54) is 22.2 Å². The minimum Gasteiger partial charge on any atom is -0.378 e. The molecule has 8 heteroatoms. The van der Waals surface area contributed by atoms with Gasteiger partial charge in [0.05, 0.1) is 6.10 Å². The summed E-state index contributed by atoms with van der Waals surface area (Å²) in [5.41, 5.74) is 0. The second-order valence-electron chi connectivity index (χ2n) is 4.80. The topological polar surface area (TPSA) is 81.7 Å². The normalized spacial score (nSPS) is 19.3. The van der Waals surface area contributed by atoms with Gasteiger partial charge in [0.15, 0.2) is 0 Å². The third-order valence-corrected chi connectivity index (χ3v) is 4.20. The Kier molecular flexibility index (Phi) is 3.83. The molecule has 3 rings (SSSR count). The molecule has 108 valence electrons. The maximum atomic E-state index is 11.1. The quantitative estimate of drug-likeness (QED) is 0.677. The van der Waals surface area contributed by atoms with E-state index in [0.29, 0.717) is 17.3 Å². The number of thiazole rings is 1. The first kappa shape index (κ1) is 13.3. The standard InChI is InChI=1S/C12H16N4O3S/c17-16(18)11-10(14-12-15(11)6-8-20-12)13-5-4-9-3-1-2-7-19-9/h6,8-9,13H,1-5,7H2. The minimum absolute atomic E-state index is 0.00538. The number of nitrogens with zero attached hydrogens (tertiary/aromatic N) is 3. The summed E-state index contributed by atoms with van der Waals surface area (Å²) in [6, 6.07) is 0. The number of nitro groups is 1. The van der Waals surface area contributed by atoms with E-state index in [1.807, 2.05) is 0 Å². The molecule has 7 nitrogen and oxygen atoms in total. The second kappa shape index (κ2) is 5.76. The molecule has 3 heterocycles. The van der Waals surface area contributed by atoms with Crippen LogP contribution in [0, 0.1) is 10.1 Å². The minimum atomic E-state index is -0.397. The molecule has 1 fully saturated rings. The zero-order valence-electron chi connectivity index (χ0n) is 10.9. The maximum absolute atomic E-state index is 11.1. The molecule has 1 aliphatic heterocycles. The molecule has 0 spiro atoms. The molecule has 1 atom stereocenters. The van der Waals surface area contributed by atoms with Crippen LogP contribution < -0.4 is 5.32 Å². The van der Waals surface area contributed by atoms with Gasteiger partial charge in [0.2, 0.25) is 5.82 Å². The molecular weight excluding hydrogens is 280 g/mol. The fourth-order valence-corrected chi connectivity index (χ4v) is 3.16. The van der Waals surface area contributed by atoms with Gasteiger partial charge in [-0.05, 0) is 30.6 Å². The van der Waals surface area contributed by atoms with Gasteiger partial charge in [0.25, 0.3) is 4.96 Å². The Balaban J connectivity index is 1.66. The van der Waals surface area contributed by atoms with Gasteiger partial charge in [-0.15, -0.1) is 0 Å². The van der Waals surface area contributed by atoms with Crippen LogP contribution in [0.4, 0.5) is 11.6 Å². The van der Waals surface area contributed by atoms with Crippen LogP contribution in [0.3, 0.4) is 0 Å². The summed E-state index contributed by atoms with van der Waals surface area (Å²) in [4.78, 5) is 15.6. The lowest BCUT2D eigenvalue weighted by molar-refractivity contribution is -0.389. The molecular formula is C12H16N4O3S. The van der Waals surface area contributed by atoms with Crippen molar-refractivity contribution in [2.45, 2.75) is 31.8 Å². The van der Waals surface area contributed by atoms with Gasteiger partial charge in [0.1, 0.15) is 6.20 Å². The summed E-state index contributed by atoms with van der Waals surface area (Å²) in [5.74, 6) is 0.350. The predicted octanol–water partition coefficient (Wildman–Crippen LogP) is 2.68. The van der Waals surface area contributed by atoms with Crippen molar-refractivity contribution in [3.63, 3.8) is 0 Å². The van der Waals surface area contributed by atoms with Gasteiger partial charge in [-0.2, -0.15) is 9.38 Å². The molecule has 1 aliphatic rings. The Hall–Kier alpha value is -1.67. The summed E-state index contributed by atoms with van der Waals surface area (Å²) in [7, 11) is 0. The lowest BCUT2D eigenvalue weighted by Gasteiger charge is -2.22. The van der Waals surface area contributed by atoms with E-state index >= 15 is 0 Å². The number of nitrogens with one attached hydrogen (secondary N) is 1. The van der Waals surface area contributed by atoms with Crippen LogP contribution in [0.25, 0.3) is 4.96 Å². The van der Waals surface area contributed by atoms with Crippen LogP contribution in [0.15, 0.2) is 11.6 Å². The second-order valence-corrected chi connectivity index (χ2v) is 5.67. The number of imidazole rings is 1. The van der Waals surface area contributed by atoms with Gasteiger partial charge in [-0.3, -0.25) is 0 Å². The van der Waals surface area contributed by atoms with Crippen LogP contribution >= 0.6 is 11.3 Å². The molecule has 1 saturated heterocycles. The van der Waals surface area contributed by atoms with Crippen molar-refractivity contribution in [2.24, 2.45) is 0 Å². The Morgan fingerprint density at radius 1 is 1.60 bits per heavy atom. The van der Waals surface area contributed by atoms with Crippen molar-refractivity contribution in [1.29, 1.82) is 0 Å². The van der Waals surface area contributed by atoms with Gasteiger partial charge in [-0.25, -0.2) is 0 Å². The van der Waals surface area contributed by atoms with Crippen LogP contribution in [-0.4, -0.2) is 33.6 Å². The van der Waals surface area contributed by atoms with Crippen LogP contribution in [0.5, 0.6) is 0 Å². The molecule has 0 radical (unpaired) electrons. The predicted molar refractivity (Wildman–Crippen MR) is 76.4 cm³/mol. The average Bonchev–Trinajstić information content (AvgIpc) is 2.99. The molecule has 2 aromatic rings. The fourth-order valence-electron chi connectivity index (χ4n) is 2.45. The van der Waals surface area contributed by atoms with Gasteiger partial charge in [0, 0.05) is 18.5 Å². The Morgan fingerprint density at radius 2 is 2.50 bits per heavy atom. The molecule has 0 aliphatic carbocycles. The van der Waals surface area contributed by atoms with Gasteiger partial charge < -0.3 is 20.2 Å². The fraction of sp³-hybridized carbons (Fsp3) is 0.583. The first-order chi connectivity index (χ1) is 9.75. The van der Waals surface area contributed by atoms with E-state index in [0.717, 1.165) is 25.9 Å². The highest BCUT2D eigenvalue weighted by molar-refractivity contribution is 7.15. The SMILES string of the molecule is O=[N+]([O-])c1c(NCCC2CCCCO2)nc2sccn12. The summed E-state index contributed by atoms with van der Waals surface area (Å²) in [6.45, 7) is 1.46. The number of aromatic nitrogens is 2. The maximum Gasteiger partial charge on any atom is 0.372 e. The van der Waals surface area contributed by atoms with E-state index in [2.05, 4.69) is 10.3 Å². The third kappa shape index (κ3) is 2.61. The number of fused-ring (bicyclic) bond motifs is 1. The van der Waals surface area contributed by atoms with Crippen molar-refractivity contribution in [2.75, 3.05) is 18.5 Å². The molecule has 0 bridgehead atoms. The zero-order chi connectivity index (χ0) is 13.9. The van der Waals surface area contributed by atoms with Crippen molar-refractivity contribution >= 4 is 27.9 Å². The van der Waals surface area contributed by atoms with Gasteiger partial charge in [-0.1, -0.05) is 11.3 Å². The number of hydrogen-bond donors (Lipinski definition) is 1. The molecule has 2 aromatic heterocycles. The molecule has 0 saturated carbocycles. The Bertz CT molecular complexity index is 603. The number of hydrogen-bond acceptors (Lipinski definition) is 6. The number of ether oxygens (including phenoxy) is 1. The van der Waals surface area contributed by atoms with Crippen molar-refractivity contribution in [3.05, 3.63) is 21.7 Å². The summed E-state index contributed by atoms with van der Waals surface area (Å²) >= 11 is 1.38. The van der Waals surface area contributed by atoms with Crippen LogP contribution in [-0.2, 0) is 4.74 Å². The highest BCUT2D eigenvalue weighted by Gasteiger charge is 2.23. The molecule has 20 heavy (non-hydrogen) atoms. The Labute approximate surface area is 119 Å². The van der Waals surface area contributed by atoms with Crippen molar-refractivity contribution in [3.8, 4) is 0 Å². The third-order valence-electron chi connectivity index (χ3n) is 3.44. The summed E-state index contributed by atoms with van der Waals surface area (Å²) < 4.78 is 7.14. The van der Waals surface area contributed by atoms with Crippen LogP contribution in [0.2, 0.25) is 0 Å². The number of rotatable bonds is 5. The molecule has 0 aromatic carbocycles. The lowest BCUT2D eigenvalue weighted by atomic mass is 10.1. The highest BCUT2D eigenvalue weighted by atomic mass is 32.1. The average molecular weight is 296 g/mol. The molecule has 1 unspecified atom stereocenters. The van der Waals surface area contributed by atoms with E-state index in [-0.39, 0.29) is 11.9 Å². The zero-order valence-corrected chi connectivity index (χ0v) is 11.8. The Morgan fingerprint density at radius 3 is 3.25 bits per heavy atom. The van der Waals surface area contributed by atoms with E-state index in [4.69, 9.17) is 4.74 Å². The molecule has 0 amide bonds. The van der Waals surface area contributed by atoms with E-state index in [1.54, 1.807) is 11.6 Å². The van der Waals surface area contributed by atoms with E-state index < -0.39 is 4.92 Å². The largest absolute Gasteiger partial charge is 0.378 e.